The van der Waals surface area contributed by atoms with E-state index in [2.05, 4.69) is 25.6 Å². The first-order chi connectivity index (χ1) is 15.7. The van der Waals surface area contributed by atoms with Crippen LogP contribution in [0.15, 0.2) is 72.1 Å². The first-order valence-corrected chi connectivity index (χ1v) is 10.6. The minimum Gasteiger partial charge on any atom is -0.493 e. The maximum atomic E-state index is 13.1. The van der Waals surface area contributed by atoms with Gasteiger partial charge in [-0.2, -0.15) is 0 Å². The molecule has 0 saturated heterocycles. The van der Waals surface area contributed by atoms with Crippen LogP contribution in [0.25, 0.3) is 5.69 Å². The van der Waals surface area contributed by atoms with E-state index in [0.29, 0.717) is 33.8 Å². The summed E-state index contributed by atoms with van der Waals surface area (Å²) in [6, 6.07) is 16.4. The van der Waals surface area contributed by atoms with E-state index in [1.54, 1.807) is 48.5 Å². The lowest BCUT2D eigenvalue weighted by Gasteiger charge is -2.11. The highest BCUT2D eigenvalue weighted by molar-refractivity contribution is 7.98. The zero-order valence-electron chi connectivity index (χ0n) is 17.4. The highest BCUT2D eigenvalue weighted by atomic mass is 32.2. The standard InChI is InChI=1S/C22H20N6O3S/c1-30-18-10-9-15(13-19(18)31-2)25-21(29)20-17(14-32-22-23-11-6-12-24-22)28(27-26-20)16-7-4-3-5-8-16/h3-13H,14H2,1-2H3,(H,25,29). The first-order valence-electron chi connectivity index (χ1n) is 9.63. The van der Waals surface area contributed by atoms with Crippen molar-refractivity contribution >= 4 is 23.4 Å². The van der Waals surface area contributed by atoms with Gasteiger partial charge < -0.3 is 14.8 Å². The Morgan fingerprint density at radius 3 is 2.47 bits per heavy atom. The average molecular weight is 449 g/mol. The zero-order valence-corrected chi connectivity index (χ0v) is 18.2. The van der Waals surface area contributed by atoms with Gasteiger partial charge >= 0.3 is 0 Å². The molecule has 0 bridgehead atoms. The number of thioether (sulfide) groups is 1. The van der Waals surface area contributed by atoms with Crippen LogP contribution in [0.2, 0.25) is 0 Å². The molecule has 2 heterocycles. The fourth-order valence-corrected chi connectivity index (χ4v) is 3.78. The second-order valence-corrected chi connectivity index (χ2v) is 7.42. The number of nitrogens with zero attached hydrogens (tertiary/aromatic N) is 5. The van der Waals surface area contributed by atoms with Crippen molar-refractivity contribution < 1.29 is 14.3 Å². The molecule has 0 spiro atoms. The molecule has 2 aromatic carbocycles. The summed E-state index contributed by atoms with van der Waals surface area (Å²) < 4.78 is 12.2. The summed E-state index contributed by atoms with van der Waals surface area (Å²) in [4.78, 5) is 21.6. The van der Waals surface area contributed by atoms with E-state index in [-0.39, 0.29) is 11.6 Å². The molecular weight excluding hydrogens is 428 g/mol. The highest BCUT2D eigenvalue weighted by Crippen LogP contribution is 2.30. The number of amides is 1. The molecule has 0 fully saturated rings. The van der Waals surface area contributed by atoms with Gasteiger partial charge in [0.1, 0.15) is 0 Å². The third-order valence-electron chi connectivity index (χ3n) is 4.50. The van der Waals surface area contributed by atoms with Crippen LogP contribution in [0.5, 0.6) is 11.5 Å². The Hall–Kier alpha value is -3.92. The lowest BCUT2D eigenvalue weighted by molar-refractivity contribution is 0.102. The molecule has 1 N–H and O–H groups in total. The van der Waals surface area contributed by atoms with E-state index in [9.17, 15) is 4.79 Å². The monoisotopic (exact) mass is 448 g/mol. The van der Waals surface area contributed by atoms with Crippen molar-refractivity contribution in [3.63, 3.8) is 0 Å². The van der Waals surface area contributed by atoms with Crippen LogP contribution < -0.4 is 14.8 Å². The number of methoxy groups -OCH3 is 2. The van der Waals surface area contributed by atoms with Gasteiger partial charge in [0.15, 0.2) is 22.3 Å². The Bertz CT molecular complexity index is 1200. The molecule has 4 rings (SSSR count). The summed E-state index contributed by atoms with van der Waals surface area (Å²) in [6.45, 7) is 0. The number of benzene rings is 2. The Kier molecular flexibility index (Phi) is 6.61. The van der Waals surface area contributed by atoms with Gasteiger partial charge in [-0.05, 0) is 30.3 Å². The SMILES string of the molecule is COc1ccc(NC(=O)c2nnn(-c3ccccc3)c2CSc2ncccn2)cc1OC. The second-order valence-electron chi connectivity index (χ2n) is 6.48. The Labute approximate surface area is 188 Å². The van der Waals surface area contributed by atoms with Crippen LogP contribution in [-0.2, 0) is 5.75 Å². The summed E-state index contributed by atoms with van der Waals surface area (Å²) in [5.74, 6) is 1.10. The smallest absolute Gasteiger partial charge is 0.278 e. The van der Waals surface area contributed by atoms with Gasteiger partial charge in [0.05, 0.1) is 25.6 Å². The molecule has 1 amide bonds. The lowest BCUT2D eigenvalue weighted by Crippen LogP contribution is -2.15. The predicted octanol–water partition coefficient (Wildman–Crippen LogP) is 3.62. The molecule has 162 valence electrons. The number of anilines is 1. The summed E-state index contributed by atoms with van der Waals surface area (Å²) in [5, 5.41) is 11.9. The molecule has 9 nitrogen and oxygen atoms in total. The Morgan fingerprint density at radius 1 is 1.00 bits per heavy atom. The van der Waals surface area contributed by atoms with E-state index in [4.69, 9.17) is 9.47 Å². The van der Waals surface area contributed by atoms with Crippen molar-refractivity contribution in [2.24, 2.45) is 0 Å². The van der Waals surface area contributed by atoms with E-state index in [1.165, 1.54) is 18.9 Å². The summed E-state index contributed by atoms with van der Waals surface area (Å²) in [7, 11) is 3.09. The number of rotatable bonds is 8. The molecule has 0 aliphatic heterocycles. The number of carbonyl (C=O) groups excluding carboxylic acids is 1. The molecule has 4 aromatic rings. The fourth-order valence-electron chi connectivity index (χ4n) is 2.98. The molecule has 0 saturated carbocycles. The van der Waals surface area contributed by atoms with Gasteiger partial charge in [-0.25, -0.2) is 14.6 Å². The van der Waals surface area contributed by atoms with Crippen molar-refractivity contribution in [3.05, 3.63) is 78.4 Å². The molecule has 0 radical (unpaired) electrons. The van der Waals surface area contributed by atoms with Gasteiger partial charge in [0.2, 0.25) is 0 Å². The number of para-hydroxylation sites is 1. The maximum absolute atomic E-state index is 13.1. The van der Waals surface area contributed by atoms with Crippen LogP contribution in [0.4, 0.5) is 5.69 Å². The van der Waals surface area contributed by atoms with Gasteiger partial charge in [0, 0.05) is 29.9 Å². The second kappa shape index (κ2) is 9.92. The van der Waals surface area contributed by atoms with E-state index >= 15 is 0 Å². The quantitative estimate of drug-likeness (QED) is 0.322. The minimum absolute atomic E-state index is 0.215. The van der Waals surface area contributed by atoms with E-state index < -0.39 is 0 Å². The predicted molar refractivity (Wildman–Crippen MR) is 120 cm³/mol. The van der Waals surface area contributed by atoms with Crippen LogP contribution in [-0.4, -0.2) is 45.1 Å². The lowest BCUT2D eigenvalue weighted by atomic mass is 10.2. The number of ether oxygens (including phenoxy) is 2. The molecule has 0 atom stereocenters. The van der Waals surface area contributed by atoms with Crippen molar-refractivity contribution in [1.82, 2.24) is 25.0 Å². The molecule has 0 aliphatic rings. The van der Waals surface area contributed by atoms with Crippen molar-refractivity contribution in [2.75, 3.05) is 19.5 Å². The summed E-state index contributed by atoms with van der Waals surface area (Å²) in [5.41, 5.74) is 2.19. The van der Waals surface area contributed by atoms with Gasteiger partial charge in [0.25, 0.3) is 5.91 Å². The topological polar surface area (TPSA) is 104 Å². The Morgan fingerprint density at radius 2 is 1.75 bits per heavy atom. The van der Waals surface area contributed by atoms with Gasteiger partial charge in [-0.3, -0.25) is 4.79 Å². The highest BCUT2D eigenvalue weighted by Gasteiger charge is 2.22. The van der Waals surface area contributed by atoms with Crippen LogP contribution >= 0.6 is 11.8 Å². The number of hydrogen-bond donors (Lipinski definition) is 1. The summed E-state index contributed by atoms with van der Waals surface area (Å²) in [6.07, 6.45) is 3.35. The fraction of sp³-hybridized carbons (Fsp3) is 0.136. The van der Waals surface area contributed by atoms with E-state index in [0.717, 1.165) is 5.69 Å². The first kappa shape index (κ1) is 21.3. The maximum Gasteiger partial charge on any atom is 0.278 e. The molecule has 0 aliphatic carbocycles. The molecule has 2 aromatic heterocycles. The van der Waals surface area contributed by atoms with Crippen molar-refractivity contribution in [3.8, 4) is 17.2 Å². The van der Waals surface area contributed by atoms with Crippen LogP contribution in [0.3, 0.4) is 0 Å². The van der Waals surface area contributed by atoms with Gasteiger partial charge in [-0.1, -0.05) is 35.2 Å². The van der Waals surface area contributed by atoms with Crippen LogP contribution in [0.1, 0.15) is 16.2 Å². The van der Waals surface area contributed by atoms with Crippen LogP contribution in [0, 0.1) is 0 Å². The number of hydrogen-bond acceptors (Lipinski definition) is 8. The van der Waals surface area contributed by atoms with Gasteiger partial charge in [-0.15, -0.1) is 5.10 Å². The third kappa shape index (κ3) is 4.70. The molecule has 32 heavy (non-hydrogen) atoms. The molecular formula is C22H20N6O3S. The van der Waals surface area contributed by atoms with Crippen molar-refractivity contribution in [2.45, 2.75) is 10.9 Å². The third-order valence-corrected chi connectivity index (χ3v) is 5.39. The number of nitrogens with one attached hydrogen (secondary N) is 1. The normalized spacial score (nSPS) is 10.6. The molecule has 10 heteroatoms. The Balaban J connectivity index is 1.64. The average Bonchev–Trinajstić information content (AvgIpc) is 3.28. The largest absolute Gasteiger partial charge is 0.493 e. The number of aromatic nitrogens is 5. The summed E-state index contributed by atoms with van der Waals surface area (Å²) >= 11 is 1.40. The molecule has 0 unspecified atom stereocenters. The van der Waals surface area contributed by atoms with E-state index in [1.807, 2.05) is 30.3 Å². The van der Waals surface area contributed by atoms with Crippen molar-refractivity contribution in [1.29, 1.82) is 0 Å². The number of carbonyl (C=O) groups is 1. The zero-order chi connectivity index (χ0) is 22.3. The minimum atomic E-state index is -0.385.